The van der Waals surface area contributed by atoms with Gasteiger partial charge in [-0.15, -0.1) is 5.10 Å². The lowest BCUT2D eigenvalue weighted by atomic mass is 10.4. The van der Waals surface area contributed by atoms with E-state index in [9.17, 15) is 4.79 Å². The zero-order valence-electron chi connectivity index (χ0n) is 9.93. The topological polar surface area (TPSA) is 71.8 Å². The zero-order valence-corrected chi connectivity index (χ0v) is 9.93. The quantitative estimate of drug-likeness (QED) is 0.613. The van der Waals surface area contributed by atoms with Gasteiger partial charge < -0.3 is 10.6 Å². The van der Waals surface area contributed by atoms with Crippen molar-refractivity contribution in [1.29, 1.82) is 0 Å². The Balaban J connectivity index is 1.45. The summed E-state index contributed by atoms with van der Waals surface area (Å²) in [6.45, 7) is 2.88. The smallest absolute Gasteiger partial charge is 0.233 e. The molecule has 0 radical (unpaired) electrons. The largest absolute Gasteiger partial charge is 0.355 e. The van der Waals surface area contributed by atoms with E-state index >= 15 is 0 Å². The first kappa shape index (κ1) is 12.0. The van der Waals surface area contributed by atoms with Crippen LogP contribution in [0.4, 0.5) is 0 Å². The molecule has 0 saturated heterocycles. The lowest BCUT2D eigenvalue weighted by Crippen LogP contribution is -2.35. The van der Waals surface area contributed by atoms with E-state index in [4.69, 9.17) is 0 Å². The van der Waals surface area contributed by atoms with E-state index in [1.807, 2.05) is 6.20 Å². The molecule has 17 heavy (non-hydrogen) atoms. The number of nitrogens with one attached hydrogen (secondary N) is 2. The Kier molecular flexibility index (Phi) is 4.49. The zero-order chi connectivity index (χ0) is 11.9. The molecule has 1 heterocycles. The van der Waals surface area contributed by atoms with E-state index < -0.39 is 0 Å². The third kappa shape index (κ3) is 4.95. The summed E-state index contributed by atoms with van der Waals surface area (Å²) in [5.74, 6) is 0.888. The van der Waals surface area contributed by atoms with Crippen molar-refractivity contribution in [3.05, 3.63) is 12.4 Å². The van der Waals surface area contributed by atoms with Gasteiger partial charge in [0.1, 0.15) is 0 Å². The Labute approximate surface area is 101 Å². The highest BCUT2D eigenvalue weighted by Crippen LogP contribution is 2.27. The van der Waals surface area contributed by atoms with Gasteiger partial charge in [-0.25, -0.2) is 0 Å². The van der Waals surface area contributed by atoms with Crippen LogP contribution in [0.3, 0.4) is 0 Å². The van der Waals surface area contributed by atoms with Gasteiger partial charge in [0.15, 0.2) is 0 Å². The molecule has 0 aromatic carbocycles. The molecular weight excluding hydrogens is 218 g/mol. The Morgan fingerprint density at radius 1 is 1.47 bits per heavy atom. The maximum absolute atomic E-state index is 11.4. The molecule has 0 atom stereocenters. The van der Waals surface area contributed by atoms with Gasteiger partial charge in [0.25, 0.3) is 0 Å². The van der Waals surface area contributed by atoms with Crippen LogP contribution in [0, 0.1) is 5.92 Å². The Hall–Kier alpha value is -1.43. The van der Waals surface area contributed by atoms with Crippen molar-refractivity contribution in [2.75, 3.05) is 19.6 Å². The van der Waals surface area contributed by atoms with Crippen molar-refractivity contribution >= 4 is 5.91 Å². The van der Waals surface area contributed by atoms with E-state index in [0.717, 1.165) is 25.4 Å². The highest BCUT2D eigenvalue weighted by molar-refractivity contribution is 5.77. The van der Waals surface area contributed by atoms with Crippen LogP contribution in [0.25, 0.3) is 0 Å². The average molecular weight is 237 g/mol. The Morgan fingerprint density at radius 3 is 3.06 bits per heavy atom. The van der Waals surface area contributed by atoms with E-state index in [2.05, 4.69) is 20.9 Å². The molecule has 1 aromatic heterocycles. The summed E-state index contributed by atoms with van der Waals surface area (Å²) >= 11 is 0. The molecule has 94 valence electrons. The molecule has 2 rings (SSSR count). The normalized spacial score (nSPS) is 14.8. The highest BCUT2D eigenvalue weighted by atomic mass is 16.1. The number of carbonyl (C=O) groups is 1. The first-order valence-corrected chi connectivity index (χ1v) is 6.16. The molecule has 1 aliphatic rings. The van der Waals surface area contributed by atoms with Gasteiger partial charge in [-0.2, -0.15) is 0 Å². The number of nitrogens with zero attached hydrogens (tertiary/aromatic N) is 3. The predicted molar refractivity (Wildman–Crippen MR) is 63.2 cm³/mol. The van der Waals surface area contributed by atoms with Crippen LogP contribution in [0.15, 0.2) is 12.4 Å². The maximum atomic E-state index is 11.4. The minimum absolute atomic E-state index is 0.0734. The summed E-state index contributed by atoms with van der Waals surface area (Å²) < 4.78 is 1.76. The number of carbonyl (C=O) groups excluding carboxylic acids is 1. The van der Waals surface area contributed by atoms with Gasteiger partial charge in [0.05, 0.1) is 12.7 Å². The number of amides is 1. The second-order valence-electron chi connectivity index (χ2n) is 4.44. The van der Waals surface area contributed by atoms with Crippen molar-refractivity contribution in [3.8, 4) is 0 Å². The maximum Gasteiger partial charge on any atom is 0.233 e. The lowest BCUT2D eigenvalue weighted by molar-refractivity contribution is -0.120. The summed E-state index contributed by atoms with van der Waals surface area (Å²) in [7, 11) is 0. The highest BCUT2D eigenvalue weighted by Gasteiger charge is 2.20. The van der Waals surface area contributed by atoms with Crippen LogP contribution in [0.5, 0.6) is 0 Å². The summed E-state index contributed by atoms with van der Waals surface area (Å²) in [4.78, 5) is 11.4. The van der Waals surface area contributed by atoms with Gasteiger partial charge in [-0.3, -0.25) is 9.48 Å². The molecule has 6 nitrogen and oxygen atoms in total. The minimum Gasteiger partial charge on any atom is -0.355 e. The van der Waals surface area contributed by atoms with E-state index in [0.29, 0.717) is 13.1 Å². The number of aryl methyl sites for hydroxylation is 1. The van der Waals surface area contributed by atoms with Crippen LogP contribution < -0.4 is 10.6 Å². The Morgan fingerprint density at radius 2 is 2.35 bits per heavy atom. The first-order valence-electron chi connectivity index (χ1n) is 6.16. The third-order valence-electron chi connectivity index (χ3n) is 2.77. The first-order chi connectivity index (χ1) is 8.34. The molecule has 0 spiro atoms. The molecule has 1 aromatic rings. The van der Waals surface area contributed by atoms with Gasteiger partial charge in [0.2, 0.25) is 5.91 Å². The number of hydrogen-bond donors (Lipinski definition) is 2. The van der Waals surface area contributed by atoms with Gasteiger partial charge >= 0.3 is 0 Å². The molecule has 2 N–H and O–H groups in total. The van der Waals surface area contributed by atoms with Gasteiger partial charge in [-0.05, 0) is 31.7 Å². The third-order valence-corrected chi connectivity index (χ3v) is 2.77. The van der Waals surface area contributed by atoms with Crippen LogP contribution in [0.2, 0.25) is 0 Å². The monoisotopic (exact) mass is 237 g/mol. The fourth-order valence-electron chi connectivity index (χ4n) is 1.60. The molecule has 0 aliphatic heterocycles. The fourth-order valence-corrected chi connectivity index (χ4v) is 1.60. The van der Waals surface area contributed by atoms with Crippen LogP contribution >= 0.6 is 0 Å². The summed E-state index contributed by atoms with van der Waals surface area (Å²) in [6.07, 6.45) is 6.97. The summed E-state index contributed by atoms with van der Waals surface area (Å²) in [5.41, 5.74) is 0. The second-order valence-corrected chi connectivity index (χ2v) is 4.44. The minimum atomic E-state index is 0.0734. The van der Waals surface area contributed by atoms with E-state index in [-0.39, 0.29) is 5.91 Å². The van der Waals surface area contributed by atoms with Crippen LogP contribution in [0.1, 0.15) is 19.3 Å². The molecule has 1 amide bonds. The second kappa shape index (κ2) is 6.34. The van der Waals surface area contributed by atoms with Gasteiger partial charge in [-0.1, -0.05) is 5.21 Å². The summed E-state index contributed by atoms with van der Waals surface area (Å²) in [5, 5.41) is 13.6. The Bertz CT molecular complexity index is 334. The molecule has 0 unspecified atom stereocenters. The number of aromatic nitrogens is 3. The van der Waals surface area contributed by atoms with Crippen molar-refractivity contribution < 1.29 is 4.79 Å². The predicted octanol–water partition coefficient (Wildman–Crippen LogP) is -0.216. The molecular formula is C11H19N5O. The lowest BCUT2D eigenvalue weighted by Gasteiger charge is -2.06. The van der Waals surface area contributed by atoms with E-state index in [1.165, 1.54) is 12.8 Å². The molecule has 0 bridgehead atoms. The molecule has 1 saturated carbocycles. The SMILES string of the molecule is O=C(CNCC1CC1)NCCCn1ccnn1. The standard InChI is InChI=1S/C11H19N5O/c17-11(9-12-8-10-2-3-10)13-4-1-6-16-7-5-14-15-16/h5,7,10,12H,1-4,6,8-9H2,(H,13,17). The van der Waals surface area contributed by atoms with Crippen molar-refractivity contribution in [3.63, 3.8) is 0 Å². The van der Waals surface area contributed by atoms with Crippen LogP contribution in [-0.4, -0.2) is 40.5 Å². The van der Waals surface area contributed by atoms with E-state index in [1.54, 1.807) is 10.9 Å². The van der Waals surface area contributed by atoms with Crippen molar-refractivity contribution in [2.24, 2.45) is 5.92 Å². The molecule has 6 heteroatoms. The van der Waals surface area contributed by atoms with Crippen LogP contribution in [-0.2, 0) is 11.3 Å². The summed E-state index contributed by atoms with van der Waals surface area (Å²) in [6, 6.07) is 0. The average Bonchev–Trinajstić information content (AvgIpc) is 3.00. The van der Waals surface area contributed by atoms with Crippen molar-refractivity contribution in [2.45, 2.75) is 25.8 Å². The number of rotatable bonds is 8. The molecule has 1 aliphatic carbocycles. The molecule has 1 fully saturated rings. The fraction of sp³-hybridized carbons (Fsp3) is 0.727. The van der Waals surface area contributed by atoms with Gasteiger partial charge in [0, 0.05) is 19.3 Å². The van der Waals surface area contributed by atoms with Crippen molar-refractivity contribution in [1.82, 2.24) is 25.6 Å². The number of hydrogen-bond acceptors (Lipinski definition) is 4.